The summed E-state index contributed by atoms with van der Waals surface area (Å²) in [5.74, 6) is 1.43. The van der Waals surface area contributed by atoms with Crippen LogP contribution < -0.4 is 20.7 Å². The number of ether oxygens (including phenoxy) is 1. The van der Waals surface area contributed by atoms with Crippen LogP contribution in [0, 0.1) is 5.92 Å². The van der Waals surface area contributed by atoms with Gasteiger partial charge in [-0.05, 0) is 42.9 Å². The second kappa shape index (κ2) is 9.98. The number of amides is 1. The first-order chi connectivity index (χ1) is 13.9. The quantitative estimate of drug-likeness (QED) is 0.655. The van der Waals surface area contributed by atoms with Gasteiger partial charge in [0.1, 0.15) is 11.6 Å². The van der Waals surface area contributed by atoms with Crippen LogP contribution in [-0.2, 0) is 11.2 Å². The van der Waals surface area contributed by atoms with E-state index in [4.69, 9.17) is 33.7 Å². The smallest absolute Gasteiger partial charge is 0.320 e. The van der Waals surface area contributed by atoms with Crippen molar-refractivity contribution in [3.63, 3.8) is 0 Å². The third kappa shape index (κ3) is 6.11. The van der Waals surface area contributed by atoms with Gasteiger partial charge in [0.2, 0.25) is 5.91 Å². The largest absolute Gasteiger partial charge is 0.467 e. The number of rotatable bonds is 8. The highest BCUT2D eigenvalue weighted by atomic mass is 35.5. The van der Waals surface area contributed by atoms with E-state index in [-0.39, 0.29) is 11.8 Å². The minimum absolute atomic E-state index is 0.241. The van der Waals surface area contributed by atoms with Crippen LogP contribution in [0.4, 0.5) is 11.6 Å². The zero-order valence-corrected chi connectivity index (χ0v) is 17.8. The third-order valence-corrected chi connectivity index (χ3v) is 5.51. The minimum Gasteiger partial charge on any atom is -0.467 e. The number of primary amides is 1. The summed E-state index contributed by atoms with van der Waals surface area (Å²) in [5.41, 5.74) is 6.38. The van der Waals surface area contributed by atoms with Gasteiger partial charge in [0.15, 0.2) is 0 Å². The van der Waals surface area contributed by atoms with Gasteiger partial charge in [-0.2, -0.15) is 9.97 Å². The number of nitrogens with one attached hydrogen (secondary N) is 1. The van der Waals surface area contributed by atoms with Crippen molar-refractivity contribution in [2.24, 2.45) is 11.7 Å². The lowest BCUT2D eigenvalue weighted by Gasteiger charge is -2.33. The average molecular weight is 438 g/mol. The van der Waals surface area contributed by atoms with Crippen LogP contribution in [0.25, 0.3) is 0 Å². The van der Waals surface area contributed by atoms with Crippen molar-refractivity contribution in [1.82, 2.24) is 9.97 Å². The molecule has 1 aliphatic rings. The van der Waals surface area contributed by atoms with Gasteiger partial charge >= 0.3 is 6.01 Å². The lowest BCUT2D eigenvalue weighted by Crippen LogP contribution is -2.37. The molecule has 3 rings (SSSR count). The molecular weight excluding hydrogens is 413 g/mol. The molecule has 1 atom stereocenters. The molecule has 156 valence electrons. The maximum Gasteiger partial charge on any atom is 0.320 e. The molecule has 0 spiro atoms. The lowest BCUT2D eigenvalue weighted by atomic mass is 9.94. The number of nitrogens with two attached hydrogens (primary N) is 1. The molecule has 9 heteroatoms. The van der Waals surface area contributed by atoms with Crippen LogP contribution in [0.3, 0.4) is 0 Å². The fraction of sp³-hybridized carbons (Fsp3) is 0.450. The molecule has 1 saturated heterocycles. The van der Waals surface area contributed by atoms with Crippen LogP contribution in [0.2, 0.25) is 10.0 Å². The highest BCUT2D eigenvalue weighted by Gasteiger charge is 2.23. The molecule has 3 N–H and O–H groups in total. The van der Waals surface area contributed by atoms with Crippen molar-refractivity contribution >= 4 is 40.7 Å². The van der Waals surface area contributed by atoms with Crippen molar-refractivity contribution < 1.29 is 9.53 Å². The fourth-order valence-corrected chi connectivity index (χ4v) is 4.03. The number of carbonyl (C=O) groups is 1. The van der Waals surface area contributed by atoms with Crippen LogP contribution in [0.1, 0.15) is 24.8 Å². The SMILES string of the molecule is COc1nc(NCCc2ccc(Cl)cc2Cl)cc(N2CCCC(CC(N)=O)C2)n1. The Balaban J connectivity index is 1.67. The predicted octanol–water partition coefficient (Wildman–Crippen LogP) is 3.54. The van der Waals surface area contributed by atoms with Gasteiger partial charge in [0.25, 0.3) is 0 Å². The number of anilines is 2. The number of carbonyl (C=O) groups excluding carboxylic acids is 1. The van der Waals surface area contributed by atoms with Crippen molar-refractivity contribution in [3.8, 4) is 6.01 Å². The molecule has 1 aromatic heterocycles. The Morgan fingerprint density at radius 1 is 1.34 bits per heavy atom. The number of benzene rings is 1. The van der Waals surface area contributed by atoms with E-state index in [9.17, 15) is 4.79 Å². The highest BCUT2D eigenvalue weighted by molar-refractivity contribution is 6.35. The Bertz CT molecular complexity index is 865. The van der Waals surface area contributed by atoms with Crippen molar-refractivity contribution in [1.29, 1.82) is 0 Å². The first-order valence-corrected chi connectivity index (χ1v) is 10.3. The molecule has 1 aromatic carbocycles. The van der Waals surface area contributed by atoms with Gasteiger partial charge in [-0.15, -0.1) is 0 Å². The number of nitrogens with zero attached hydrogens (tertiary/aromatic N) is 3. The van der Waals surface area contributed by atoms with E-state index in [0.717, 1.165) is 43.7 Å². The Morgan fingerprint density at radius 2 is 2.17 bits per heavy atom. The molecule has 2 aromatic rings. The zero-order chi connectivity index (χ0) is 20.8. The second-order valence-electron chi connectivity index (χ2n) is 7.14. The molecule has 0 aliphatic carbocycles. The van der Waals surface area contributed by atoms with E-state index in [1.165, 1.54) is 0 Å². The molecule has 1 aliphatic heterocycles. The summed E-state index contributed by atoms with van der Waals surface area (Å²) in [7, 11) is 1.54. The number of methoxy groups -OCH3 is 1. The topological polar surface area (TPSA) is 93.4 Å². The molecular formula is C20H25Cl2N5O2. The highest BCUT2D eigenvalue weighted by Crippen LogP contribution is 2.27. The molecule has 0 radical (unpaired) electrons. The Hall–Kier alpha value is -2.25. The van der Waals surface area contributed by atoms with Gasteiger partial charge in [-0.3, -0.25) is 4.79 Å². The number of hydrogen-bond donors (Lipinski definition) is 2. The van der Waals surface area contributed by atoms with Gasteiger partial charge in [-0.1, -0.05) is 29.3 Å². The molecule has 0 saturated carbocycles. The van der Waals surface area contributed by atoms with E-state index in [1.54, 1.807) is 13.2 Å². The normalized spacial score (nSPS) is 16.5. The first kappa shape index (κ1) is 21.5. The van der Waals surface area contributed by atoms with E-state index in [0.29, 0.717) is 34.8 Å². The zero-order valence-electron chi connectivity index (χ0n) is 16.3. The molecule has 29 heavy (non-hydrogen) atoms. The van der Waals surface area contributed by atoms with Crippen molar-refractivity contribution in [3.05, 3.63) is 39.9 Å². The van der Waals surface area contributed by atoms with E-state index >= 15 is 0 Å². The Labute approximate surface area is 180 Å². The summed E-state index contributed by atoms with van der Waals surface area (Å²) in [6.07, 6.45) is 3.10. The molecule has 2 heterocycles. The summed E-state index contributed by atoms with van der Waals surface area (Å²) < 4.78 is 5.28. The maximum atomic E-state index is 11.3. The Kier molecular flexibility index (Phi) is 7.39. The monoisotopic (exact) mass is 437 g/mol. The molecule has 1 fully saturated rings. The van der Waals surface area contributed by atoms with E-state index < -0.39 is 0 Å². The van der Waals surface area contributed by atoms with Gasteiger partial charge in [0, 0.05) is 42.2 Å². The standard InChI is InChI=1S/C20H25Cl2N5O2/c1-29-20-25-18(24-7-6-14-4-5-15(21)10-16(14)22)11-19(26-20)27-8-2-3-13(12-27)9-17(23)28/h4-5,10-11,13H,2-3,6-9,12H2,1H3,(H2,23,28)(H,24,25,26). The maximum absolute atomic E-state index is 11.3. The summed E-state index contributed by atoms with van der Waals surface area (Å²) in [5, 5.41) is 4.57. The number of halogens is 2. The lowest BCUT2D eigenvalue weighted by molar-refractivity contribution is -0.118. The van der Waals surface area contributed by atoms with E-state index in [1.807, 2.05) is 18.2 Å². The van der Waals surface area contributed by atoms with Crippen LogP contribution in [0.15, 0.2) is 24.3 Å². The van der Waals surface area contributed by atoms with Crippen molar-refractivity contribution in [2.45, 2.75) is 25.7 Å². The third-order valence-electron chi connectivity index (χ3n) is 4.92. The Morgan fingerprint density at radius 3 is 2.90 bits per heavy atom. The number of piperidine rings is 1. The van der Waals surface area contributed by atoms with Gasteiger partial charge in [-0.25, -0.2) is 0 Å². The van der Waals surface area contributed by atoms with Gasteiger partial charge < -0.3 is 20.7 Å². The van der Waals surface area contributed by atoms with E-state index in [2.05, 4.69) is 20.2 Å². The van der Waals surface area contributed by atoms with Crippen LogP contribution in [0.5, 0.6) is 6.01 Å². The van der Waals surface area contributed by atoms with Crippen molar-refractivity contribution in [2.75, 3.05) is 37.0 Å². The number of hydrogen-bond acceptors (Lipinski definition) is 6. The number of aromatic nitrogens is 2. The summed E-state index contributed by atoms with van der Waals surface area (Å²) in [4.78, 5) is 22.3. The first-order valence-electron chi connectivity index (χ1n) is 9.58. The predicted molar refractivity (Wildman–Crippen MR) is 116 cm³/mol. The summed E-state index contributed by atoms with van der Waals surface area (Å²) in [6.45, 7) is 2.25. The summed E-state index contributed by atoms with van der Waals surface area (Å²) in [6, 6.07) is 7.69. The average Bonchev–Trinajstić information content (AvgIpc) is 2.69. The van der Waals surface area contributed by atoms with Crippen LogP contribution in [-0.4, -0.2) is 42.6 Å². The second-order valence-corrected chi connectivity index (χ2v) is 7.98. The molecule has 0 bridgehead atoms. The van der Waals surface area contributed by atoms with Crippen LogP contribution >= 0.6 is 23.2 Å². The summed E-state index contributed by atoms with van der Waals surface area (Å²) >= 11 is 12.2. The fourth-order valence-electron chi connectivity index (χ4n) is 3.53. The molecule has 1 amide bonds. The van der Waals surface area contributed by atoms with Gasteiger partial charge in [0.05, 0.1) is 7.11 Å². The minimum atomic E-state index is -0.264. The molecule has 7 nitrogen and oxygen atoms in total. The molecule has 1 unspecified atom stereocenters.